The summed E-state index contributed by atoms with van der Waals surface area (Å²) in [5.74, 6) is 0. The van der Waals surface area contributed by atoms with Crippen molar-refractivity contribution in [2.45, 2.75) is 65.2 Å². The predicted molar refractivity (Wildman–Crippen MR) is 251 cm³/mol. The molecule has 0 aromatic heterocycles. The van der Waals surface area contributed by atoms with Gasteiger partial charge in [-0.15, -0.1) is 0 Å². The normalized spacial score (nSPS) is 13.1. The Morgan fingerprint density at radius 3 is 0.650 bits per heavy atom. The van der Waals surface area contributed by atoms with Crippen LogP contribution in [0.5, 0.6) is 0 Å². The SMILES string of the molecule is BrBr.BrBr.BrBr.BrBr.BrBr.BrBr.BrBr.BrBr.BrBr.CCCC[N+]1(C)CCCC1.CCCC[N+]1(C)CCCC1.[Br-].[Br-]. The molecule has 2 heterocycles. The number of unbranched alkanes of at least 4 members (excludes halogenated alkanes) is 2. The summed E-state index contributed by atoms with van der Waals surface area (Å²) in [6.45, 7) is 13.1. The van der Waals surface area contributed by atoms with Gasteiger partial charge in [-0.2, -0.15) is 0 Å². The van der Waals surface area contributed by atoms with Crippen LogP contribution in [-0.4, -0.2) is 62.3 Å². The zero-order valence-electron chi connectivity index (χ0n) is 22.4. The molecule has 40 heavy (non-hydrogen) atoms. The number of hydrogen-bond donors (Lipinski definition) is 0. The van der Waals surface area contributed by atoms with Crippen molar-refractivity contribution in [1.82, 2.24) is 0 Å². The molecule has 0 aromatic rings. The van der Waals surface area contributed by atoms with E-state index in [1.54, 1.807) is 0 Å². The van der Waals surface area contributed by atoms with Gasteiger partial charge in [0.1, 0.15) is 0 Å². The van der Waals surface area contributed by atoms with Crippen molar-refractivity contribution in [1.29, 1.82) is 0 Å². The Kier molecular flexibility index (Phi) is 171. The van der Waals surface area contributed by atoms with Crippen LogP contribution in [0.25, 0.3) is 0 Å². The monoisotopic (exact) mass is 1860 g/mol. The molecule has 0 bridgehead atoms. The van der Waals surface area contributed by atoms with E-state index >= 15 is 0 Å². The first-order valence-corrected chi connectivity index (χ1v) is 43.9. The highest BCUT2D eigenvalue weighted by Gasteiger charge is 2.26. The Morgan fingerprint density at radius 2 is 0.525 bits per heavy atom. The fourth-order valence-electron chi connectivity index (χ4n) is 3.72. The first-order valence-electron chi connectivity index (χ1n) is 10.5. The molecule has 2 nitrogen and oxygen atoms in total. The lowest BCUT2D eigenvalue weighted by molar-refractivity contribution is -0.897. The minimum atomic E-state index is 0. The summed E-state index contributed by atoms with van der Waals surface area (Å²) in [5.41, 5.74) is 0. The van der Waals surface area contributed by atoms with E-state index in [0.717, 1.165) is 0 Å². The molecule has 0 saturated carbocycles. The molecule has 0 aromatic carbocycles. The molecular formula is C18H40Br20N2. The van der Waals surface area contributed by atoms with E-state index in [4.69, 9.17) is 0 Å². The molecule has 262 valence electrons. The summed E-state index contributed by atoms with van der Waals surface area (Å²) >= 11 is 49.5. The molecule has 0 atom stereocenters. The molecular weight excluding hydrogens is 1840 g/mol. The Labute approximate surface area is 407 Å². The van der Waals surface area contributed by atoms with Gasteiger partial charge in [0.2, 0.25) is 0 Å². The molecule has 0 N–H and O–H groups in total. The fourth-order valence-corrected chi connectivity index (χ4v) is 3.72. The number of rotatable bonds is 6. The summed E-state index contributed by atoms with van der Waals surface area (Å²) < 4.78 is 2.71. The van der Waals surface area contributed by atoms with Gasteiger partial charge in [0, 0.05) is 280 Å². The van der Waals surface area contributed by atoms with Gasteiger partial charge < -0.3 is 42.9 Å². The van der Waals surface area contributed by atoms with E-state index < -0.39 is 0 Å². The summed E-state index contributed by atoms with van der Waals surface area (Å²) in [6, 6.07) is 0. The van der Waals surface area contributed by atoms with Crippen LogP contribution in [0.4, 0.5) is 0 Å². The second kappa shape index (κ2) is 86.8. The minimum absolute atomic E-state index is 0. The third-order valence-electron chi connectivity index (χ3n) is 5.39. The average molecular weight is 1880 g/mol. The van der Waals surface area contributed by atoms with Crippen molar-refractivity contribution in [3.63, 3.8) is 0 Å². The molecule has 0 unspecified atom stereocenters. The molecule has 2 saturated heterocycles. The lowest BCUT2D eigenvalue weighted by Crippen LogP contribution is -3.00. The third-order valence-corrected chi connectivity index (χ3v) is 5.39. The fraction of sp³-hybridized carbons (Fsp3) is 1.00. The highest BCUT2D eigenvalue weighted by atomic mass is 80.9. The van der Waals surface area contributed by atoms with Gasteiger partial charge in [0.25, 0.3) is 0 Å². The maximum atomic E-state index is 2.75. The lowest BCUT2D eigenvalue weighted by atomic mass is 10.3. The molecule has 0 amide bonds. The van der Waals surface area contributed by atoms with Crippen molar-refractivity contribution in [3.8, 4) is 0 Å². The topological polar surface area (TPSA) is 0 Å². The van der Waals surface area contributed by atoms with Crippen LogP contribution in [0.2, 0.25) is 0 Å². The number of nitrogens with zero attached hydrogens (tertiary/aromatic N) is 2. The number of quaternary nitrogens is 2. The van der Waals surface area contributed by atoms with E-state index in [9.17, 15) is 0 Å². The van der Waals surface area contributed by atoms with E-state index in [0.29, 0.717) is 0 Å². The Morgan fingerprint density at radius 1 is 0.375 bits per heavy atom. The van der Waals surface area contributed by atoms with Crippen molar-refractivity contribution < 1.29 is 42.9 Å². The molecule has 22 heteroatoms. The van der Waals surface area contributed by atoms with Gasteiger partial charge in [-0.05, 0) is 12.8 Å². The number of hydrogen-bond acceptors (Lipinski definition) is 0. The standard InChI is InChI=1S/2C9H20N.9Br2.2BrH/c2*1-3-4-7-10(2)8-5-6-9-10;9*1-2;;/h2*3-9H2,1-2H3;;;;;;;;;;2*1H/q2*+1;;;;;;;;;;;/p-2. The summed E-state index contributed by atoms with van der Waals surface area (Å²) in [4.78, 5) is 0. The van der Waals surface area contributed by atoms with Gasteiger partial charge in [-0.25, -0.2) is 0 Å². The third kappa shape index (κ3) is 73.1. The van der Waals surface area contributed by atoms with Crippen LogP contribution in [0.1, 0.15) is 65.2 Å². The smallest absolute Gasteiger partial charge is 0.0786 e. The van der Waals surface area contributed by atoms with Crippen LogP contribution < -0.4 is 34.0 Å². The maximum Gasteiger partial charge on any atom is 0.0786 e. The van der Waals surface area contributed by atoms with Gasteiger partial charge in [-0.1, -0.05) is 26.7 Å². The first-order chi connectivity index (χ1) is 18.5. The highest BCUT2D eigenvalue weighted by Crippen LogP contribution is 2.17. The quantitative estimate of drug-likeness (QED) is 0.233. The molecule has 2 rings (SSSR count). The van der Waals surface area contributed by atoms with Crippen LogP contribution >= 0.6 is 254 Å². The van der Waals surface area contributed by atoms with Gasteiger partial charge in [0.15, 0.2) is 0 Å². The molecule has 0 spiro atoms. The van der Waals surface area contributed by atoms with E-state index in [1.165, 1.54) is 99.6 Å². The van der Waals surface area contributed by atoms with Crippen LogP contribution in [0.15, 0.2) is 0 Å². The highest BCUT2D eigenvalue weighted by molar-refractivity contribution is 9.94. The minimum Gasteiger partial charge on any atom is -1.00 e. The van der Waals surface area contributed by atoms with Crippen molar-refractivity contribution in [2.75, 3.05) is 53.4 Å². The van der Waals surface area contributed by atoms with E-state index in [1.807, 2.05) is 0 Å². The lowest BCUT2D eigenvalue weighted by Gasteiger charge is -2.28. The Balaban J connectivity index is -0.0000000291. The van der Waals surface area contributed by atoms with E-state index in [-0.39, 0.29) is 34.0 Å². The zero-order chi connectivity index (χ0) is 32.9. The van der Waals surface area contributed by atoms with Gasteiger partial charge in [-0.3, -0.25) is 0 Å². The predicted octanol–water partition coefficient (Wildman–Crippen LogP) is 13.3. The van der Waals surface area contributed by atoms with Gasteiger partial charge in [0.05, 0.1) is 53.4 Å². The Bertz CT molecular complexity index is 252. The summed E-state index contributed by atoms with van der Waals surface area (Å²) in [7, 11) is 4.81. The largest absolute Gasteiger partial charge is 1.00 e. The van der Waals surface area contributed by atoms with Crippen LogP contribution in [0.3, 0.4) is 0 Å². The van der Waals surface area contributed by atoms with Crippen LogP contribution in [0, 0.1) is 0 Å². The number of halogens is 20. The van der Waals surface area contributed by atoms with E-state index in [2.05, 4.69) is 282 Å². The van der Waals surface area contributed by atoms with Crippen molar-refractivity contribution in [3.05, 3.63) is 0 Å². The molecule has 2 aliphatic heterocycles. The zero-order valence-corrected chi connectivity index (χ0v) is 54.1. The van der Waals surface area contributed by atoms with Crippen molar-refractivity contribution in [2.24, 2.45) is 0 Å². The summed E-state index contributed by atoms with van der Waals surface area (Å²) in [6.07, 6.45) is 11.4. The molecule has 2 fully saturated rings. The summed E-state index contributed by atoms with van der Waals surface area (Å²) in [5, 5.41) is 0. The molecule has 2 aliphatic rings. The van der Waals surface area contributed by atoms with Crippen LogP contribution in [-0.2, 0) is 0 Å². The molecule has 0 aliphatic carbocycles. The second-order valence-electron chi connectivity index (χ2n) is 7.70. The first kappa shape index (κ1) is 78.6. The maximum absolute atomic E-state index is 2.75. The van der Waals surface area contributed by atoms with Gasteiger partial charge >= 0.3 is 0 Å². The van der Waals surface area contributed by atoms with Crippen molar-refractivity contribution >= 4 is 254 Å². The second-order valence-corrected chi connectivity index (χ2v) is 7.70. The molecule has 0 radical (unpaired) electrons. The Hall–Kier alpha value is 9.52. The number of likely N-dealkylation sites (tertiary alicyclic amines) is 2. The average Bonchev–Trinajstić information content (AvgIpc) is 3.69.